The smallest absolute Gasteiger partial charge is 0.328 e. The minimum atomic E-state index is -4.52. The molecule has 0 saturated heterocycles. The molecule has 0 spiro atoms. The lowest BCUT2D eigenvalue weighted by Crippen LogP contribution is -2.29. The minimum absolute atomic E-state index is 0.140. The van der Waals surface area contributed by atoms with Crippen molar-refractivity contribution in [1.82, 2.24) is 9.88 Å². The van der Waals surface area contributed by atoms with Gasteiger partial charge in [-0.25, -0.2) is 0 Å². The number of hydrogen-bond acceptors (Lipinski definition) is 4. The zero-order valence-electron chi connectivity index (χ0n) is 12.9. The molecule has 3 nitrogen and oxygen atoms in total. The minimum Gasteiger partial charge on any atom is -0.328 e. The van der Waals surface area contributed by atoms with Crippen LogP contribution in [0, 0.1) is 0 Å². The van der Waals surface area contributed by atoms with Crippen LogP contribution >= 0.6 is 22.7 Å². The number of hydrogen-bond donors (Lipinski definition) is 0. The van der Waals surface area contributed by atoms with Gasteiger partial charge >= 0.3 is 6.18 Å². The van der Waals surface area contributed by atoms with Gasteiger partial charge in [0.05, 0.1) is 18.7 Å². The molecule has 0 aliphatic carbocycles. The highest BCUT2D eigenvalue weighted by Crippen LogP contribution is 2.27. The lowest BCUT2D eigenvalue weighted by Gasteiger charge is -2.21. The third-order valence-corrected chi connectivity index (χ3v) is 5.16. The van der Waals surface area contributed by atoms with Gasteiger partial charge in [-0.2, -0.15) is 13.2 Å². The Balaban J connectivity index is 1.82. The van der Waals surface area contributed by atoms with Gasteiger partial charge in [-0.05, 0) is 35.0 Å². The topological polar surface area (TPSA) is 33.2 Å². The summed E-state index contributed by atoms with van der Waals surface area (Å²) in [6.45, 7) is 0.796. The third-order valence-electron chi connectivity index (χ3n) is 3.44. The maximum absolute atomic E-state index is 12.8. The summed E-state index contributed by atoms with van der Waals surface area (Å²) in [5.41, 5.74) is -0.867. The highest BCUT2D eigenvalue weighted by atomic mass is 32.1. The van der Waals surface area contributed by atoms with Gasteiger partial charge in [0.1, 0.15) is 5.69 Å². The first-order chi connectivity index (χ1) is 11.9. The third kappa shape index (κ3) is 4.46. The zero-order chi connectivity index (χ0) is 17.9. The van der Waals surface area contributed by atoms with Gasteiger partial charge in [-0.15, -0.1) is 22.7 Å². The lowest BCUT2D eigenvalue weighted by atomic mass is 10.2. The Morgan fingerprint density at radius 1 is 1.00 bits per heavy atom. The van der Waals surface area contributed by atoms with Gasteiger partial charge in [-0.1, -0.05) is 12.1 Å². The Bertz CT molecular complexity index is 776. The molecule has 3 rings (SSSR count). The fourth-order valence-corrected chi connectivity index (χ4v) is 3.69. The van der Waals surface area contributed by atoms with E-state index in [1.807, 2.05) is 35.0 Å². The van der Waals surface area contributed by atoms with Crippen LogP contribution in [-0.2, 0) is 19.3 Å². The molecule has 3 aromatic heterocycles. The van der Waals surface area contributed by atoms with E-state index in [0.29, 0.717) is 13.1 Å². The molecule has 0 radical (unpaired) electrons. The van der Waals surface area contributed by atoms with Gasteiger partial charge in [0.2, 0.25) is 0 Å². The number of thiophene rings is 2. The van der Waals surface area contributed by atoms with Crippen molar-refractivity contribution in [3.05, 3.63) is 74.4 Å². The van der Waals surface area contributed by atoms with E-state index < -0.39 is 11.9 Å². The van der Waals surface area contributed by atoms with E-state index in [4.69, 9.17) is 0 Å². The molecule has 0 saturated carbocycles. The lowest BCUT2D eigenvalue weighted by molar-refractivity contribution is -0.141. The number of carbonyl (C=O) groups excluding carboxylic acids is 1. The van der Waals surface area contributed by atoms with Crippen molar-refractivity contribution in [3.8, 4) is 0 Å². The van der Waals surface area contributed by atoms with Crippen LogP contribution in [0.4, 0.5) is 13.2 Å². The fraction of sp³-hybridized carbons (Fsp3) is 0.176. The van der Waals surface area contributed by atoms with Crippen LogP contribution in [0.2, 0.25) is 0 Å². The van der Waals surface area contributed by atoms with Crippen LogP contribution in [0.15, 0.2) is 53.4 Å². The summed E-state index contributed by atoms with van der Waals surface area (Å²) in [5, 5.41) is 3.84. The van der Waals surface area contributed by atoms with Crippen molar-refractivity contribution in [2.24, 2.45) is 0 Å². The Morgan fingerprint density at radius 2 is 1.60 bits per heavy atom. The molecule has 0 aliphatic heterocycles. The molecule has 8 heteroatoms. The molecule has 0 unspecified atom stereocenters. The molecular formula is C17H13F3N2OS2. The molecule has 3 aromatic rings. The number of pyridine rings is 1. The Labute approximate surface area is 150 Å². The summed E-state index contributed by atoms with van der Waals surface area (Å²) in [6.07, 6.45) is -3.53. The van der Waals surface area contributed by atoms with E-state index >= 15 is 0 Å². The monoisotopic (exact) mass is 382 g/mol. The molecule has 0 atom stereocenters. The van der Waals surface area contributed by atoms with Crippen LogP contribution in [0.5, 0.6) is 0 Å². The van der Waals surface area contributed by atoms with Gasteiger partial charge in [0, 0.05) is 16.0 Å². The number of rotatable bonds is 5. The molecule has 1 amide bonds. The SMILES string of the molecule is O=C(c1ccc(C(F)(F)F)nc1)N(Cc1cccs1)Cc1cccs1. The van der Waals surface area contributed by atoms with E-state index in [-0.39, 0.29) is 11.5 Å². The molecule has 0 fully saturated rings. The Kier molecular flexibility index (Phi) is 5.19. The number of nitrogens with zero attached hydrogens (tertiary/aromatic N) is 2. The molecule has 0 aromatic carbocycles. The second kappa shape index (κ2) is 7.37. The molecule has 0 bridgehead atoms. The van der Waals surface area contributed by atoms with Crippen LogP contribution in [-0.4, -0.2) is 15.8 Å². The average molecular weight is 382 g/mol. The van der Waals surface area contributed by atoms with Crippen molar-refractivity contribution in [3.63, 3.8) is 0 Å². The number of carbonyl (C=O) groups is 1. The standard InChI is InChI=1S/C17H13F3N2OS2/c18-17(19,20)15-6-5-12(9-21-15)16(23)22(10-13-3-1-7-24-13)11-14-4-2-8-25-14/h1-9H,10-11H2. The largest absolute Gasteiger partial charge is 0.433 e. The maximum Gasteiger partial charge on any atom is 0.433 e. The summed E-state index contributed by atoms with van der Waals surface area (Å²) < 4.78 is 37.9. The van der Waals surface area contributed by atoms with Crippen molar-refractivity contribution < 1.29 is 18.0 Å². The van der Waals surface area contributed by atoms with Gasteiger partial charge in [-0.3, -0.25) is 9.78 Å². The molecular weight excluding hydrogens is 369 g/mol. The van der Waals surface area contributed by atoms with Crippen molar-refractivity contribution in [2.75, 3.05) is 0 Å². The second-order valence-corrected chi connectivity index (χ2v) is 7.31. The maximum atomic E-state index is 12.8. The van der Waals surface area contributed by atoms with Crippen LogP contribution in [0.3, 0.4) is 0 Å². The van der Waals surface area contributed by atoms with Crippen LogP contribution in [0.1, 0.15) is 25.8 Å². The van der Waals surface area contributed by atoms with Crippen molar-refractivity contribution >= 4 is 28.6 Å². The summed E-state index contributed by atoms with van der Waals surface area (Å²) in [7, 11) is 0. The zero-order valence-corrected chi connectivity index (χ0v) is 14.5. The average Bonchev–Trinajstić information content (AvgIpc) is 3.27. The predicted octanol–water partition coefficient (Wildman–Crippen LogP) is 5.07. The van der Waals surface area contributed by atoms with Crippen LogP contribution < -0.4 is 0 Å². The van der Waals surface area contributed by atoms with Crippen molar-refractivity contribution in [2.45, 2.75) is 19.3 Å². The number of alkyl halides is 3. The molecule has 130 valence electrons. The molecule has 25 heavy (non-hydrogen) atoms. The van der Waals surface area contributed by atoms with Gasteiger partial charge in [0.25, 0.3) is 5.91 Å². The first-order valence-electron chi connectivity index (χ1n) is 7.31. The molecule has 0 aliphatic rings. The van der Waals surface area contributed by atoms with Gasteiger partial charge in [0.15, 0.2) is 0 Å². The predicted molar refractivity (Wildman–Crippen MR) is 91.5 cm³/mol. The summed E-state index contributed by atoms with van der Waals surface area (Å²) in [5.74, 6) is -0.344. The Hall–Kier alpha value is -2.19. The Morgan fingerprint density at radius 3 is 2.00 bits per heavy atom. The molecule has 3 heterocycles. The summed E-state index contributed by atoms with van der Waals surface area (Å²) >= 11 is 3.05. The molecule has 0 N–H and O–H groups in total. The highest BCUT2D eigenvalue weighted by Gasteiger charge is 2.32. The summed E-state index contributed by atoms with van der Waals surface area (Å²) in [6, 6.07) is 9.64. The van der Waals surface area contributed by atoms with E-state index in [1.54, 1.807) is 4.90 Å². The summed E-state index contributed by atoms with van der Waals surface area (Å²) in [4.78, 5) is 19.8. The van der Waals surface area contributed by atoms with E-state index in [2.05, 4.69) is 4.98 Å². The second-order valence-electron chi connectivity index (χ2n) is 5.25. The quantitative estimate of drug-likeness (QED) is 0.618. The normalized spacial score (nSPS) is 11.5. The highest BCUT2D eigenvalue weighted by molar-refractivity contribution is 7.10. The van der Waals surface area contributed by atoms with Crippen LogP contribution in [0.25, 0.3) is 0 Å². The number of aromatic nitrogens is 1. The van der Waals surface area contributed by atoms with E-state index in [0.717, 1.165) is 22.0 Å². The number of amides is 1. The fourth-order valence-electron chi connectivity index (χ4n) is 2.25. The van der Waals surface area contributed by atoms with Crippen molar-refractivity contribution in [1.29, 1.82) is 0 Å². The number of halogens is 3. The first kappa shape index (κ1) is 17.6. The van der Waals surface area contributed by atoms with E-state index in [9.17, 15) is 18.0 Å². The first-order valence-corrected chi connectivity index (χ1v) is 9.07. The van der Waals surface area contributed by atoms with Gasteiger partial charge < -0.3 is 4.90 Å². The van der Waals surface area contributed by atoms with E-state index in [1.165, 1.54) is 28.7 Å².